The van der Waals surface area contributed by atoms with Crippen LogP contribution >= 0.6 is 0 Å². The number of nitrogens with one attached hydrogen (secondary N) is 1. The summed E-state index contributed by atoms with van der Waals surface area (Å²) in [5.41, 5.74) is 4.73. The molecule has 0 saturated carbocycles. The Balaban J connectivity index is 0. The predicted molar refractivity (Wildman–Crippen MR) is 85.2 cm³/mol. The molecule has 3 N–H and O–H groups in total. The number of hydrogen-bond donors (Lipinski definition) is 2. The molecule has 0 aromatic carbocycles. The number of urea groups is 1. The lowest BCUT2D eigenvalue weighted by Gasteiger charge is -2.23. The smallest absolute Gasteiger partial charge is 0.463 e. The van der Waals surface area contributed by atoms with Crippen LogP contribution in [0.1, 0.15) is 19.8 Å². The maximum Gasteiger partial charge on any atom is 0.500 e. The molecule has 0 aliphatic carbocycles. The molecule has 0 saturated heterocycles. The van der Waals surface area contributed by atoms with E-state index < -0.39 is 20.8 Å². The molecule has 0 aliphatic heterocycles. The van der Waals surface area contributed by atoms with Crippen molar-refractivity contribution in [3.8, 4) is 0 Å². The van der Waals surface area contributed by atoms with Crippen LogP contribution in [0.15, 0.2) is 12.7 Å². The van der Waals surface area contributed by atoms with Crippen LogP contribution in [0.2, 0.25) is 6.04 Å². The van der Waals surface area contributed by atoms with Crippen molar-refractivity contribution in [3.05, 3.63) is 12.7 Å². The molecule has 0 unspecified atom stereocenters. The van der Waals surface area contributed by atoms with Gasteiger partial charge in [0, 0.05) is 40.0 Å². The van der Waals surface area contributed by atoms with Gasteiger partial charge in [-0.3, -0.25) is 0 Å². The van der Waals surface area contributed by atoms with E-state index in [-0.39, 0.29) is 0 Å². The summed E-state index contributed by atoms with van der Waals surface area (Å²) in [6, 6.07) is 0.169. The Kier molecular flexibility index (Phi) is 15.1. The Morgan fingerprint density at radius 3 is 2.09 bits per heavy atom. The third-order valence-electron chi connectivity index (χ3n) is 2.52. The molecule has 9 heteroatoms. The van der Waals surface area contributed by atoms with Crippen molar-refractivity contribution in [1.29, 1.82) is 0 Å². The lowest BCUT2D eigenvalue weighted by molar-refractivity contribution is -0.137. The zero-order chi connectivity index (χ0) is 17.4. The summed E-state index contributed by atoms with van der Waals surface area (Å²) in [6.07, 6.45) is 2.71. The highest BCUT2D eigenvalue weighted by Gasteiger charge is 2.36. The molecule has 0 bridgehead atoms. The Labute approximate surface area is 133 Å². The fourth-order valence-corrected chi connectivity index (χ4v) is 3.01. The molecule has 0 aromatic rings. The van der Waals surface area contributed by atoms with Crippen LogP contribution in [0, 0.1) is 0 Å². The highest BCUT2D eigenvalue weighted by atomic mass is 28.4. The van der Waals surface area contributed by atoms with E-state index in [0.717, 1.165) is 12.5 Å². The second-order valence-corrected chi connectivity index (χ2v) is 7.15. The molecule has 130 valence electrons. The maximum absolute atomic E-state index is 10.7. The number of carbonyl (C=O) groups is 2. The summed E-state index contributed by atoms with van der Waals surface area (Å²) >= 11 is 0. The van der Waals surface area contributed by atoms with E-state index in [1.54, 1.807) is 21.3 Å². The summed E-state index contributed by atoms with van der Waals surface area (Å²) in [4.78, 5) is 20.6. The molecule has 0 spiro atoms. The second-order valence-electron chi connectivity index (χ2n) is 4.06. The van der Waals surface area contributed by atoms with Crippen LogP contribution in [0.25, 0.3) is 0 Å². The van der Waals surface area contributed by atoms with Crippen LogP contribution < -0.4 is 11.1 Å². The molecule has 0 aliphatic rings. The Bertz CT molecular complexity index is 315. The van der Waals surface area contributed by atoms with E-state index in [2.05, 4.69) is 11.9 Å². The fourth-order valence-electron chi connectivity index (χ4n) is 1.32. The predicted octanol–water partition coefficient (Wildman–Crippen LogP) is 1.05. The number of carbonyl (C=O) groups excluding carboxylic acids is 2. The van der Waals surface area contributed by atoms with Gasteiger partial charge in [-0.1, -0.05) is 13.5 Å². The first-order valence-corrected chi connectivity index (χ1v) is 8.82. The quantitative estimate of drug-likeness (QED) is 0.267. The van der Waals surface area contributed by atoms with Gasteiger partial charge in [0.2, 0.25) is 0 Å². The van der Waals surface area contributed by atoms with Gasteiger partial charge < -0.3 is 29.1 Å². The van der Waals surface area contributed by atoms with Crippen molar-refractivity contribution in [1.82, 2.24) is 5.32 Å². The van der Waals surface area contributed by atoms with Gasteiger partial charge in [0.25, 0.3) is 0 Å². The summed E-state index contributed by atoms with van der Waals surface area (Å²) in [6.45, 7) is 6.26. The van der Waals surface area contributed by atoms with Gasteiger partial charge in [0.15, 0.2) is 0 Å². The lowest BCUT2D eigenvalue weighted by Crippen LogP contribution is -2.42. The number of rotatable bonds is 10. The summed E-state index contributed by atoms with van der Waals surface area (Å²) in [7, 11) is 2.13. The molecule has 0 atom stereocenters. The van der Waals surface area contributed by atoms with Gasteiger partial charge in [-0.2, -0.15) is 0 Å². The first-order valence-electron chi connectivity index (χ1n) is 6.89. The van der Waals surface area contributed by atoms with Crippen LogP contribution in [0.3, 0.4) is 0 Å². The van der Waals surface area contributed by atoms with Crippen molar-refractivity contribution in [3.63, 3.8) is 0 Å². The average molecular weight is 336 g/mol. The first kappa shape index (κ1) is 22.9. The highest BCUT2D eigenvalue weighted by Crippen LogP contribution is 2.14. The highest BCUT2D eigenvalue weighted by molar-refractivity contribution is 6.60. The number of esters is 1. The van der Waals surface area contributed by atoms with Gasteiger partial charge in [0.1, 0.15) is 0 Å². The number of nitrogens with two attached hydrogens (primary N) is 1. The van der Waals surface area contributed by atoms with Crippen molar-refractivity contribution in [2.24, 2.45) is 5.73 Å². The number of primary amides is 1. The number of amides is 2. The van der Waals surface area contributed by atoms with Gasteiger partial charge in [0.05, 0.1) is 6.61 Å². The van der Waals surface area contributed by atoms with Gasteiger partial charge in [-0.25, -0.2) is 9.59 Å². The summed E-state index contributed by atoms with van der Waals surface area (Å²) < 4.78 is 20.4. The van der Waals surface area contributed by atoms with Gasteiger partial charge >= 0.3 is 20.8 Å². The van der Waals surface area contributed by atoms with Crippen molar-refractivity contribution in [2.75, 3.05) is 34.5 Å². The minimum Gasteiger partial charge on any atom is -0.463 e. The van der Waals surface area contributed by atoms with E-state index in [4.69, 9.17) is 23.7 Å². The molecule has 0 rings (SSSR count). The third-order valence-corrected chi connectivity index (χ3v) is 5.35. The van der Waals surface area contributed by atoms with E-state index >= 15 is 0 Å². The molecule has 8 nitrogen and oxygen atoms in total. The van der Waals surface area contributed by atoms with Crippen LogP contribution in [-0.2, 0) is 22.8 Å². The minimum atomic E-state index is -2.52. The molecule has 0 aromatic heterocycles. The minimum absolute atomic E-state index is 0.315. The van der Waals surface area contributed by atoms with Crippen LogP contribution in [0.5, 0.6) is 0 Å². The zero-order valence-corrected chi connectivity index (χ0v) is 14.8. The Hall–Kier alpha value is -1.42. The molecule has 0 heterocycles. The van der Waals surface area contributed by atoms with E-state index in [1.807, 2.05) is 6.92 Å². The van der Waals surface area contributed by atoms with Gasteiger partial charge in [-0.05, 0) is 12.8 Å². The normalized spacial score (nSPS) is 10.2. The summed E-state index contributed by atoms with van der Waals surface area (Å²) in [5.74, 6) is -0.422. The lowest BCUT2D eigenvalue weighted by atomic mass is 10.5. The SMILES string of the molecule is C=CC(=O)OCCC[Si](OC)(OC)OC.CCCNC(N)=O. The van der Waals surface area contributed by atoms with E-state index in [0.29, 0.717) is 25.6 Å². The first-order chi connectivity index (χ1) is 10.4. The Morgan fingerprint density at radius 2 is 1.77 bits per heavy atom. The zero-order valence-electron chi connectivity index (χ0n) is 13.8. The topological polar surface area (TPSA) is 109 Å². The molecule has 2 amide bonds. The fraction of sp³-hybridized carbons (Fsp3) is 0.692. The summed E-state index contributed by atoms with van der Waals surface area (Å²) in [5, 5.41) is 2.43. The van der Waals surface area contributed by atoms with E-state index in [9.17, 15) is 9.59 Å². The van der Waals surface area contributed by atoms with Gasteiger partial charge in [-0.15, -0.1) is 0 Å². The third kappa shape index (κ3) is 12.3. The van der Waals surface area contributed by atoms with Crippen molar-refractivity contribution < 1.29 is 27.6 Å². The van der Waals surface area contributed by atoms with Crippen molar-refractivity contribution in [2.45, 2.75) is 25.8 Å². The number of hydrogen-bond acceptors (Lipinski definition) is 6. The molecule has 22 heavy (non-hydrogen) atoms. The molecule has 0 fully saturated rings. The Morgan fingerprint density at radius 1 is 1.23 bits per heavy atom. The molecule has 0 radical (unpaired) electrons. The second kappa shape index (κ2) is 14.5. The number of ether oxygens (including phenoxy) is 1. The van der Waals surface area contributed by atoms with E-state index in [1.165, 1.54) is 0 Å². The van der Waals surface area contributed by atoms with Crippen molar-refractivity contribution >= 4 is 20.8 Å². The maximum atomic E-state index is 10.7. The monoisotopic (exact) mass is 336 g/mol. The standard InChI is InChI=1S/C9H18O5Si.C4H10N2O/c1-5-9(10)14-7-6-8-15(11-2,12-3)13-4;1-2-3-6-4(5)7/h5H,1,6-8H2,2-4H3;2-3H2,1H3,(H3,5,6,7). The van der Waals surface area contributed by atoms with Crippen LogP contribution in [0.4, 0.5) is 4.79 Å². The molecular formula is C13H28N2O6Si. The molecular weight excluding hydrogens is 308 g/mol. The average Bonchev–Trinajstić information content (AvgIpc) is 2.54. The largest absolute Gasteiger partial charge is 0.500 e. The van der Waals surface area contributed by atoms with Crippen LogP contribution in [-0.4, -0.2) is 55.3 Å².